The maximum atomic E-state index is 10.7. The predicted molar refractivity (Wildman–Crippen MR) is 47.5 cm³/mol. The number of aliphatic hydroxyl groups is 1. The summed E-state index contributed by atoms with van der Waals surface area (Å²) in [5.74, 6) is -0.416. The summed E-state index contributed by atoms with van der Waals surface area (Å²) in [5.41, 5.74) is 0. The van der Waals surface area contributed by atoms with Gasteiger partial charge in [-0.3, -0.25) is 4.79 Å². The van der Waals surface area contributed by atoms with Crippen molar-refractivity contribution in [1.82, 2.24) is 0 Å². The summed E-state index contributed by atoms with van der Waals surface area (Å²) in [6, 6.07) is 0. The number of methoxy groups -OCH3 is 1. The second kappa shape index (κ2) is 4.72. The summed E-state index contributed by atoms with van der Waals surface area (Å²) >= 11 is 0. The lowest BCUT2D eigenvalue weighted by Crippen LogP contribution is -2.49. The van der Waals surface area contributed by atoms with E-state index in [1.54, 1.807) is 6.92 Å². The molecule has 0 bridgehead atoms. The van der Waals surface area contributed by atoms with Gasteiger partial charge >= 0.3 is 5.97 Å². The Bertz CT molecular complexity index is 193. The molecule has 1 aliphatic rings. The molecule has 1 aliphatic heterocycles. The third-order valence-electron chi connectivity index (χ3n) is 2.21. The average molecular weight is 204 g/mol. The maximum absolute atomic E-state index is 10.7. The minimum atomic E-state index is -0.729. The molecule has 14 heavy (non-hydrogen) atoms. The number of esters is 1. The molecule has 0 spiro atoms. The zero-order chi connectivity index (χ0) is 10.7. The Labute approximate surface area is 82.9 Å². The first-order valence-electron chi connectivity index (χ1n) is 4.58. The summed E-state index contributed by atoms with van der Waals surface area (Å²) in [6.45, 7) is 3.05. The molecule has 0 amide bonds. The van der Waals surface area contributed by atoms with Crippen molar-refractivity contribution in [3.8, 4) is 0 Å². The first kappa shape index (κ1) is 11.4. The second-order valence-corrected chi connectivity index (χ2v) is 3.38. The second-order valence-electron chi connectivity index (χ2n) is 3.38. The average Bonchev–Trinajstić information content (AvgIpc) is 2.10. The molecular formula is C9H16O5. The van der Waals surface area contributed by atoms with Gasteiger partial charge in [0.25, 0.3) is 0 Å². The van der Waals surface area contributed by atoms with E-state index in [0.29, 0.717) is 6.42 Å². The Kier molecular flexibility index (Phi) is 3.86. The standard InChI is InChI=1S/C9H16O5/c1-5-9(14-6(2)10)7(11)4-8(12-3)13-5/h5,7-9,11H,4H2,1-3H3/t5?,7-,8-,9-/m1/s1. The number of hydrogen-bond donors (Lipinski definition) is 1. The molecule has 4 atom stereocenters. The fourth-order valence-corrected chi connectivity index (χ4v) is 1.53. The van der Waals surface area contributed by atoms with Crippen LogP contribution in [-0.2, 0) is 19.0 Å². The highest BCUT2D eigenvalue weighted by atomic mass is 16.7. The lowest BCUT2D eigenvalue weighted by Gasteiger charge is -2.36. The van der Waals surface area contributed by atoms with Crippen LogP contribution < -0.4 is 0 Å². The minimum absolute atomic E-state index is 0.318. The van der Waals surface area contributed by atoms with Crippen LogP contribution in [-0.4, -0.2) is 42.8 Å². The maximum Gasteiger partial charge on any atom is 0.303 e. The number of ether oxygens (including phenoxy) is 3. The van der Waals surface area contributed by atoms with Gasteiger partial charge in [0.2, 0.25) is 0 Å². The normalized spacial score (nSPS) is 38.0. The van der Waals surface area contributed by atoms with E-state index in [1.165, 1.54) is 14.0 Å². The summed E-state index contributed by atoms with van der Waals surface area (Å²) in [4.78, 5) is 10.7. The Hall–Kier alpha value is -0.650. The van der Waals surface area contributed by atoms with Crippen molar-refractivity contribution in [2.24, 2.45) is 0 Å². The van der Waals surface area contributed by atoms with Gasteiger partial charge in [0, 0.05) is 20.5 Å². The molecule has 1 N–H and O–H groups in total. The molecule has 1 rings (SSSR count). The zero-order valence-corrected chi connectivity index (χ0v) is 8.60. The van der Waals surface area contributed by atoms with E-state index in [1.807, 2.05) is 0 Å². The van der Waals surface area contributed by atoms with Gasteiger partial charge in [0.1, 0.15) is 0 Å². The fraction of sp³-hybridized carbons (Fsp3) is 0.889. The molecule has 5 heteroatoms. The molecule has 0 aromatic carbocycles. The first-order valence-corrected chi connectivity index (χ1v) is 4.58. The van der Waals surface area contributed by atoms with Gasteiger partial charge in [-0.1, -0.05) is 0 Å². The van der Waals surface area contributed by atoms with Crippen molar-refractivity contribution >= 4 is 5.97 Å². The number of rotatable bonds is 2. The summed E-state index contributed by atoms with van der Waals surface area (Å²) in [6.07, 6.45) is -1.79. The Morgan fingerprint density at radius 3 is 2.64 bits per heavy atom. The summed E-state index contributed by atoms with van der Waals surface area (Å²) in [5, 5.41) is 9.65. The van der Waals surface area contributed by atoms with Crippen LogP contribution in [0.2, 0.25) is 0 Å². The van der Waals surface area contributed by atoms with Gasteiger partial charge < -0.3 is 19.3 Å². The number of carbonyl (C=O) groups is 1. The molecule has 5 nitrogen and oxygen atoms in total. The topological polar surface area (TPSA) is 65.0 Å². The van der Waals surface area contributed by atoms with Crippen LogP contribution in [0, 0.1) is 0 Å². The highest BCUT2D eigenvalue weighted by Crippen LogP contribution is 2.22. The van der Waals surface area contributed by atoms with Crippen LogP contribution in [0.3, 0.4) is 0 Å². The van der Waals surface area contributed by atoms with Crippen molar-refractivity contribution in [2.45, 2.75) is 44.9 Å². The molecule has 0 saturated carbocycles. The fourth-order valence-electron chi connectivity index (χ4n) is 1.53. The lowest BCUT2D eigenvalue weighted by molar-refractivity contribution is -0.244. The molecule has 1 heterocycles. The molecule has 0 aromatic heterocycles. The lowest BCUT2D eigenvalue weighted by atomic mass is 10.0. The van der Waals surface area contributed by atoms with E-state index in [-0.39, 0.29) is 6.10 Å². The molecular weight excluding hydrogens is 188 g/mol. The monoisotopic (exact) mass is 204 g/mol. The third-order valence-corrected chi connectivity index (χ3v) is 2.21. The van der Waals surface area contributed by atoms with Crippen LogP contribution in [0.5, 0.6) is 0 Å². The molecule has 82 valence electrons. The van der Waals surface area contributed by atoms with E-state index >= 15 is 0 Å². The van der Waals surface area contributed by atoms with Gasteiger partial charge in [-0.25, -0.2) is 0 Å². The van der Waals surface area contributed by atoms with Crippen molar-refractivity contribution < 1.29 is 24.1 Å². The summed E-state index contributed by atoms with van der Waals surface area (Å²) in [7, 11) is 1.51. The van der Waals surface area contributed by atoms with Crippen LogP contribution in [0.25, 0.3) is 0 Å². The van der Waals surface area contributed by atoms with Crippen molar-refractivity contribution in [3.05, 3.63) is 0 Å². The van der Waals surface area contributed by atoms with E-state index in [2.05, 4.69) is 0 Å². The molecule has 0 radical (unpaired) electrons. The van der Waals surface area contributed by atoms with Crippen LogP contribution >= 0.6 is 0 Å². The van der Waals surface area contributed by atoms with Gasteiger partial charge in [0.15, 0.2) is 12.4 Å². The molecule has 0 aromatic rings. The predicted octanol–water partition coefficient (Wildman–Crippen LogP) is 0.0603. The SMILES string of the molecule is CO[C@H]1C[C@@H](O)[C@H](OC(C)=O)C(C)O1. The molecule has 0 aliphatic carbocycles. The van der Waals surface area contributed by atoms with E-state index in [9.17, 15) is 9.90 Å². The van der Waals surface area contributed by atoms with E-state index in [0.717, 1.165) is 0 Å². The van der Waals surface area contributed by atoms with E-state index in [4.69, 9.17) is 14.2 Å². The van der Waals surface area contributed by atoms with Gasteiger partial charge in [-0.15, -0.1) is 0 Å². The molecule has 1 fully saturated rings. The molecule has 1 saturated heterocycles. The molecule has 1 unspecified atom stereocenters. The Morgan fingerprint density at radius 2 is 2.21 bits per heavy atom. The quantitative estimate of drug-likeness (QED) is 0.644. The van der Waals surface area contributed by atoms with Crippen LogP contribution in [0.15, 0.2) is 0 Å². The van der Waals surface area contributed by atoms with E-state index < -0.39 is 24.5 Å². The Morgan fingerprint density at radius 1 is 1.57 bits per heavy atom. The summed E-state index contributed by atoms with van der Waals surface area (Å²) < 4.78 is 15.3. The first-order chi connectivity index (χ1) is 6.54. The van der Waals surface area contributed by atoms with Crippen molar-refractivity contribution in [2.75, 3.05) is 7.11 Å². The number of aliphatic hydroxyl groups excluding tert-OH is 1. The van der Waals surface area contributed by atoms with Crippen LogP contribution in [0.4, 0.5) is 0 Å². The third kappa shape index (κ3) is 2.67. The largest absolute Gasteiger partial charge is 0.457 e. The van der Waals surface area contributed by atoms with Gasteiger partial charge in [0.05, 0.1) is 12.2 Å². The smallest absolute Gasteiger partial charge is 0.303 e. The van der Waals surface area contributed by atoms with Crippen molar-refractivity contribution in [1.29, 1.82) is 0 Å². The highest BCUT2D eigenvalue weighted by molar-refractivity contribution is 5.66. The van der Waals surface area contributed by atoms with Crippen molar-refractivity contribution in [3.63, 3.8) is 0 Å². The Balaban J connectivity index is 2.55. The van der Waals surface area contributed by atoms with Gasteiger partial charge in [-0.05, 0) is 6.92 Å². The minimum Gasteiger partial charge on any atom is -0.457 e. The zero-order valence-electron chi connectivity index (χ0n) is 8.60. The highest BCUT2D eigenvalue weighted by Gasteiger charge is 2.37. The van der Waals surface area contributed by atoms with Gasteiger partial charge in [-0.2, -0.15) is 0 Å². The number of carbonyl (C=O) groups excluding carboxylic acids is 1. The number of hydrogen-bond acceptors (Lipinski definition) is 5. The van der Waals surface area contributed by atoms with Crippen LogP contribution in [0.1, 0.15) is 20.3 Å².